The number of likely N-dealkylation sites (tertiary alicyclic amines) is 1. The molecule has 0 amide bonds. The summed E-state index contributed by atoms with van der Waals surface area (Å²) in [5, 5.41) is 4.40. The van der Waals surface area contributed by atoms with Crippen molar-refractivity contribution in [3.8, 4) is 5.75 Å². The number of anilines is 2. The van der Waals surface area contributed by atoms with Crippen molar-refractivity contribution in [2.45, 2.75) is 39.2 Å². The number of hydrogen-bond donors (Lipinski definition) is 2. The van der Waals surface area contributed by atoms with E-state index in [1.54, 1.807) is 0 Å². The molecule has 0 unspecified atom stereocenters. The summed E-state index contributed by atoms with van der Waals surface area (Å²) < 4.78 is 9.90. The number of rotatable bonds is 6. The van der Waals surface area contributed by atoms with Crippen molar-refractivity contribution in [1.29, 1.82) is 0 Å². The second kappa shape index (κ2) is 7.13. The van der Waals surface area contributed by atoms with Crippen molar-refractivity contribution in [1.82, 2.24) is 9.27 Å². The van der Waals surface area contributed by atoms with Gasteiger partial charge in [0.2, 0.25) is 0 Å². The molecule has 0 radical (unpaired) electrons. The molecule has 0 atom stereocenters. The van der Waals surface area contributed by atoms with Crippen LogP contribution in [0.15, 0.2) is 0 Å². The van der Waals surface area contributed by atoms with Crippen LogP contribution in [0.3, 0.4) is 0 Å². The van der Waals surface area contributed by atoms with Crippen LogP contribution in [0.1, 0.15) is 33.1 Å². The zero-order valence-electron chi connectivity index (χ0n) is 12.7. The molecule has 114 valence electrons. The van der Waals surface area contributed by atoms with Crippen molar-refractivity contribution in [2.75, 3.05) is 37.7 Å². The monoisotopic (exact) mass is 298 g/mol. The second-order valence-electron chi connectivity index (χ2n) is 5.85. The number of aromatic nitrogens is 1. The van der Waals surface area contributed by atoms with Crippen LogP contribution in [-0.2, 0) is 0 Å². The number of piperidine rings is 1. The molecule has 1 fully saturated rings. The summed E-state index contributed by atoms with van der Waals surface area (Å²) in [6.45, 7) is 7.41. The van der Waals surface area contributed by atoms with E-state index in [-0.39, 0.29) is 6.10 Å². The minimum Gasteiger partial charge on any atom is -0.484 e. The molecule has 1 aliphatic rings. The van der Waals surface area contributed by atoms with E-state index in [2.05, 4.69) is 21.6 Å². The van der Waals surface area contributed by atoms with Crippen LogP contribution in [-0.4, -0.2) is 42.1 Å². The SMILES string of the molecule is CC(C)Oc1c(N)nsc1NCCC1CCN(C)CC1. The summed E-state index contributed by atoms with van der Waals surface area (Å²) >= 11 is 1.39. The minimum absolute atomic E-state index is 0.114. The number of ether oxygens (including phenoxy) is 1. The van der Waals surface area contributed by atoms with Crippen molar-refractivity contribution >= 4 is 22.4 Å². The van der Waals surface area contributed by atoms with E-state index < -0.39 is 0 Å². The first kappa shape index (κ1) is 15.4. The topological polar surface area (TPSA) is 63.4 Å². The normalized spacial score (nSPS) is 17.6. The first-order valence-electron chi connectivity index (χ1n) is 7.40. The summed E-state index contributed by atoms with van der Waals surface area (Å²) in [4.78, 5) is 2.41. The maximum Gasteiger partial charge on any atom is 0.197 e. The van der Waals surface area contributed by atoms with Gasteiger partial charge in [-0.15, -0.1) is 0 Å². The first-order chi connectivity index (χ1) is 9.56. The van der Waals surface area contributed by atoms with Crippen LogP contribution in [0.4, 0.5) is 10.8 Å². The predicted octanol–water partition coefficient (Wildman–Crippen LogP) is 2.66. The highest BCUT2D eigenvalue weighted by Gasteiger charge is 2.18. The fourth-order valence-corrected chi connectivity index (χ4v) is 3.17. The van der Waals surface area contributed by atoms with Crippen LogP contribution in [0.2, 0.25) is 0 Å². The molecule has 0 spiro atoms. The van der Waals surface area contributed by atoms with Gasteiger partial charge in [0.15, 0.2) is 16.6 Å². The smallest absolute Gasteiger partial charge is 0.197 e. The predicted molar refractivity (Wildman–Crippen MR) is 85.6 cm³/mol. The Kier molecular flexibility index (Phi) is 5.48. The molecule has 2 heterocycles. The van der Waals surface area contributed by atoms with Crippen molar-refractivity contribution < 1.29 is 4.74 Å². The highest BCUT2D eigenvalue weighted by molar-refractivity contribution is 7.11. The number of hydrogen-bond acceptors (Lipinski definition) is 6. The first-order valence-corrected chi connectivity index (χ1v) is 8.17. The maximum atomic E-state index is 5.85. The maximum absolute atomic E-state index is 5.85. The Balaban J connectivity index is 1.79. The second-order valence-corrected chi connectivity index (χ2v) is 6.63. The van der Waals surface area contributed by atoms with Gasteiger partial charge in [-0.1, -0.05) is 0 Å². The van der Waals surface area contributed by atoms with E-state index in [0.29, 0.717) is 11.6 Å². The zero-order valence-corrected chi connectivity index (χ0v) is 13.5. The van der Waals surface area contributed by atoms with E-state index in [4.69, 9.17) is 10.5 Å². The Bertz CT molecular complexity index is 413. The highest BCUT2D eigenvalue weighted by atomic mass is 32.1. The van der Waals surface area contributed by atoms with E-state index >= 15 is 0 Å². The molecule has 0 bridgehead atoms. The lowest BCUT2D eigenvalue weighted by atomic mass is 9.94. The molecule has 2 rings (SSSR count). The molecule has 1 aliphatic heterocycles. The third kappa shape index (κ3) is 4.24. The summed E-state index contributed by atoms with van der Waals surface area (Å²) in [5.41, 5.74) is 5.85. The molecule has 5 nitrogen and oxygen atoms in total. The quantitative estimate of drug-likeness (QED) is 0.845. The molecule has 0 saturated carbocycles. The van der Waals surface area contributed by atoms with E-state index in [1.807, 2.05) is 13.8 Å². The average molecular weight is 298 g/mol. The summed E-state index contributed by atoms with van der Waals surface area (Å²) in [5.74, 6) is 2.04. The van der Waals surface area contributed by atoms with Gasteiger partial charge in [-0.05, 0) is 70.7 Å². The van der Waals surface area contributed by atoms with E-state index in [9.17, 15) is 0 Å². The molecular weight excluding hydrogens is 272 g/mol. The summed E-state index contributed by atoms with van der Waals surface area (Å²) in [6.07, 6.45) is 3.92. The Labute approximate surface area is 125 Å². The lowest BCUT2D eigenvalue weighted by Crippen LogP contribution is -2.30. The van der Waals surface area contributed by atoms with Gasteiger partial charge in [-0.2, -0.15) is 4.37 Å². The van der Waals surface area contributed by atoms with Gasteiger partial charge >= 0.3 is 0 Å². The lowest BCUT2D eigenvalue weighted by Gasteiger charge is -2.28. The van der Waals surface area contributed by atoms with Gasteiger partial charge in [-0.3, -0.25) is 0 Å². The molecule has 1 saturated heterocycles. The van der Waals surface area contributed by atoms with Gasteiger partial charge in [0.25, 0.3) is 0 Å². The van der Waals surface area contributed by atoms with Crippen LogP contribution >= 0.6 is 11.5 Å². The zero-order chi connectivity index (χ0) is 14.5. The van der Waals surface area contributed by atoms with Crippen LogP contribution in [0.5, 0.6) is 5.75 Å². The molecule has 3 N–H and O–H groups in total. The fourth-order valence-electron chi connectivity index (χ4n) is 2.50. The number of nitrogens with one attached hydrogen (secondary N) is 1. The minimum atomic E-state index is 0.114. The Morgan fingerprint density at radius 1 is 1.45 bits per heavy atom. The molecule has 0 aromatic carbocycles. The van der Waals surface area contributed by atoms with Gasteiger partial charge in [0.1, 0.15) is 0 Å². The molecule has 6 heteroatoms. The van der Waals surface area contributed by atoms with Crippen LogP contribution < -0.4 is 15.8 Å². The molecule has 1 aromatic rings. The molecule has 1 aromatic heterocycles. The third-order valence-corrected chi connectivity index (χ3v) is 4.50. The molecule has 0 aliphatic carbocycles. The number of nitrogens with zero attached hydrogens (tertiary/aromatic N) is 2. The van der Waals surface area contributed by atoms with Gasteiger partial charge in [0.05, 0.1) is 6.10 Å². The van der Waals surface area contributed by atoms with Gasteiger partial charge in [0, 0.05) is 6.54 Å². The number of nitrogens with two attached hydrogens (primary N) is 1. The van der Waals surface area contributed by atoms with Crippen LogP contribution in [0.25, 0.3) is 0 Å². The Morgan fingerprint density at radius 2 is 2.15 bits per heavy atom. The Hall–Kier alpha value is -1.01. The van der Waals surface area contributed by atoms with E-state index in [0.717, 1.165) is 17.5 Å². The third-order valence-electron chi connectivity index (χ3n) is 3.70. The van der Waals surface area contributed by atoms with Gasteiger partial charge < -0.3 is 20.7 Å². The average Bonchev–Trinajstić information content (AvgIpc) is 2.73. The van der Waals surface area contributed by atoms with Crippen molar-refractivity contribution in [3.63, 3.8) is 0 Å². The van der Waals surface area contributed by atoms with E-state index in [1.165, 1.54) is 43.9 Å². The van der Waals surface area contributed by atoms with Crippen molar-refractivity contribution in [3.05, 3.63) is 0 Å². The molecule has 20 heavy (non-hydrogen) atoms. The summed E-state index contributed by atoms with van der Waals surface area (Å²) in [7, 11) is 2.20. The largest absolute Gasteiger partial charge is 0.484 e. The lowest BCUT2D eigenvalue weighted by molar-refractivity contribution is 0.215. The van der Waals surface area contributed by atoms with Crippen LogP contribution in [0, 0.1) is 5.92 Å². The standard InChI is InChI=1S/C14H26N4OS/c1-10(2)19-12-13(15)17-20-14(12)16-7-4-11-5-8-18(3)9-6-11/h10-11,16H,4-9H2,1-3H3,(H2,15,17). The number of nitrogen functional groups attached to an aromatic ring is 1. The van der Waals surface area contributed by atoms with Crippen molar-refractivity contribution in [2.24, 2.45) is 5.92 Å². The highest BCUT2D eigenvalue weighted by Crippen LogP contribution is 2.36. The summed E-state index contributed by atoms with van der Waals surface area (Å²) in [6, 6.07) is 0. The van der Waals surface area contributed by atoms with Gasteiger partial charge in [-0.25, -0.2) is 0 Å². The molecular formula is C14H26N4OS. The Morgan fingerprint density at radius 3 is 2.80 bits per heavy atom. The fraction of sp³-hybridized carbons (Fsp3) is 0.786.